The molecule has 29 heavy (non-hydrogen) atoms. The number of pyridine rings is 2. The average Bonchev–Trinajstić information content (AvgIpc) is 3.12. The number of hydrogen-bond donors (Lipinski definition) is 1. The molecule has 1 aromatic carbocycles. The monoisotopic (exact) mass is 471 g/mol. The van der Waals surface area contributed by atoms with Gasteiger partial charge < -0.3 is 5.32 Å². The van der Waals surface area contributed by atoms with Crippen molar-refractivity contribution in [2.45, 2.75) is 32.9 Å². The standard InChI is InChI=1S/C21H19BrClN5O/c1-12-9-13(5-6-24-16-3-4-17(23)26-19(16)22)18-14(10-12)21(29)27-7-2-8-28-20(27)15(18)11-25-28/h3-4,9-11,24H,2,5-8H2,1H3. The summed E-state index contributed by atoms with van der Waals surface area (Å²) in [6.07, 6.45) is 3.61. The summed E-state index contributed by atoms with van der Waals surface area (Å²) in [5, 5.41) is 11.3. The molecule has 148 valence electrons. The number of benzene rings is 1. The number of aryl methyl sites for hydroxylation is 3. The Morgan fingerprint density at radius 1 is 1.24 bits per heavy atom. The fourth-order valence-electron chi connectivity index (χ4n) is 4.25. The van der Waals surface area contributed by atoms with Gasteiger partial charge in [-0.1, -0.05) is 23.2 Å². The van der Waals surface area contributed by atoms with Gasteiger partial charge in [-0.15, -0.1) is 0 Å². The average molecular weight is 473 g/mol. The van der Waals surface area contributed by atoms with Crippen molar-refractivity contribution in [3.05, 3.63) is 61.7 Å². The van der Waals surface area contributed by atoms with E-state index in [1.165, 1.54) is 0 Å². The Morgan fingerprint density at radius 3 is 2.93 bits per heavy atom. The van der Waals surface area contributed by atoms with Crippen molar-refractivity contribution in [3.63, 3.8) is 0 Å². The summed E-state index contributed by atoms with van der Waals surface area (Å²) in [6.45, 7) is 4.35. The number of aromatic nitrogens is 4. The highest BCUT2D eigenvalue weighted by atomic mass is 79.9. The predicted molar refractivity (Wildman–Crippen MR) is 120 cm³/mol. The zero-order valence-electron chi connectivity index (χ0n) is 15.9. The van der Waals surface area contributed by atoms with Gasteiger partial charge in [0.25, 0.3) is 5.56 Å². The molecule has 1 aliphatic heterocycles. The van der Waals surface area contributed by atoms with E-state index in [1.54, 1.807) is 6.07 Å². The first-order chi connectivity index (χ1) is 14.0. The number of halogens is 2. The fourth-order valence-corrected chi connectivity index (χ4v) is 4.97. The Morgan fingerprint density at radius 2 is 2.10 bits per heavy atom. The lowest BCUT2D eigenvalue weighted by molar-refractivity contribution is 0.485. The van der Waals surface area contributed by atoms with Crippen LogP contribution in [0.4, 0.5) is 5.69 Å². The molecule has 0 unspecified atom stereocenters. The van der Waals surface area contributed by atoms with Crippen LogP contribution in [0.5, 0.6) is 0 Å². The van der Waals surface area contributed by atoms with Crippen LogP contribution in [0.25, 0.3) is 21.8 Å². The summed E-state index contributed by atoms with van der Waals surface area (Å²) >= 11 is 9.36. The molecular formula is C21H19BrClN5O. The van der Waals surface area contributed by atoms with Crippen molar-refractivity contribution in [1.29, 1.82) is 0 Å². The van der Waals surface area contributed by atoms with Crippen LogP contribution in [0.2, 0.25) is 5.15 Å². The smallest absolute Gasteiger partial charge is 0.260 e. The van der Waals surface area contributed by atoms with Crippen LogP contribution in [0.3, 0.4) is 0 Å². The van der Waals surface area contributed by atoms with Gasteiger partial charge in [0.05, 0.1) is 11.9 Å². The van der Waals surface area contributed by atoms with E-state index in [2.05, 4.69) is 37.4 Å². The van der Waals surface area contributed by atoms with Gasteiger partial charge >= 0.3 is 0 Å². The summed E-state index contributed by atoms with van der Waals surface area (Å²) in [5.41, 5.74) is 4.16. The number of hydrogen-bond acceptors (Lipinski definition) is 4. The molecule has 0 saturated heterocycles. The third-order valence-electron chi connectivity index (χ3n) is 5.45. The normalized spacial score (nSPS) is 13.3. The van der Waals surface area contributed by atoms with Crippen molar-refractivity contribution in [2.24, 2.45) is 0 Å². The van der Waals surface area contributed by atoms with Crippen molar-refractivity contribution < 1.29 is 0 Å². The molecule has 0 saturated carbocycles. The quantitative estimate of drug-likeness (QED) is 0.443. The lowest BCUT2D eigenvalue weighted by atomic mass is 9.98. The third kappa shape index (κ3) is 3.13. The van der Waals surface area contributed by atoms with Crippen LogP contribution in [0.15, 0.2) is 39.9 Å². The molecule has 8 heteroatoms. The Kier molecular flexibility index (Phi) is 4.59. The van der Waals surface area contributed by atoms with E-state index in [0.717, 1.165) is 64.6 Å². The highest BCUT2D eigenvalue weighted by Crippen LogP contribution is 2.30. The molecule has 0 amide bonds. The molecule has 0 atom stereocenters. The van der Waals surface area contributed by atoms with Gasteiger partial charge in [0, 0.05) is 35.8 Å². The highest BCUT2D eigenvalue weighted by molar-refractivity contribution is 9.10. The Labute approximate surface area is 180 Å². The van der Waals surface area contributed by atoms with Gasteiger partial charge in [0.2, 0.25) is 0 Å². The molecule has 0 radical (unpaired) electrons. The summed E-state index contributed by atoms with van der Waals surface area (Å²) in [5.74, 6) is 0. The van der Waals surface area contributed by atoms with E-state index in [-0.39, 0.29) is 5.56 Å². The van der Waals surface area contributed by atoms with Crippen molar-refractivity contribution in [3.8, 4) is 0 Å². The summed E-state index contributed by atoms with van der Waals surface area (Å²) in [4.78, 5) is 17.4. The maximum Gasteiger partial charge on any atom is 0.260 e. The lowest BCUT2D eigenvalue weighted by Crippen LogP contribution is -2.27. The molecule has 0 aliphatic carbocycles. The minimum atomic E-state index is 0.0801. The molecule has 1 N–H and O–H groups in total. The van der Waals surface area contributed by atoms with Gasteiger partial charge in [-0.2, -0.15) is 5.10 Å². The molecular weight excluding hydrogens is 454 g/mol. The largest absolute Gasteiger partial charge is 0.383 e. The number of fused-ring (bicyclic) bond motifs is 2. The molecule has 0 bridgehead atoms. The Balaban J connectivity index is 1.58. The molecule has 0 spiro atoms. The molecule has 6 nitrogen and oxygen atoms in total. The number of rotatable bonds is 4. The predicted octanol–water partition coefficient (Wildman–Crippen LogP) is 4.53. The third-order valence-corrected chi connectivity index (χ3v) is 6.27. The SMILES string of the molecule is Cc1cc(CCNc2ccc(Cl)nc2Br)c2c(c1)c(=O)n1c3c2cnn3CCC1. The van der Waals surface area contributed by atoms with E-state index >= 15 is 0 Å². The first kappa shape index (κ1) is 18.6. The van der Waals surface area contributed by atoms with Crippen molar-refractivity contribution in [1.82, 2.24) is 19.3 Å². The van der Waals surface area contributed by atoms with Crippen LogP contribution in [-0.4, -0.2) is 25.9 Å². The Hall–Kier alpha value is -2.38. The Bertz CT molecular complexity index is 1330. The van der Waals surface area contributed by atoms with Gasteiger partial charge in [0.1, 0.15) is 15.4 Å². The summed E-state index contributed by atoms with van der Waals surface area (Å²) in [7, 11) is 0. The fraction of sp³-hybridized carbons (Fsp3) is 0.286. The lowest BCUT2D eigenvalue weighted by Gasteiger charge is -2.19. The number of nitrogens with one attached hydrogen (secondary N) is 1. The second kappa shape index (κ2) is 7.15. The maximum absolute atomic E-state index is 13.2. The van der Waals surface area contributed by atoms with E-state index in [4.69, 9.17) is 11.6 Å². The number of nitrogens with zero attached hydrogens (tertiary/aromatic N) is 4. The molecule has 1 aliphatic rings. The molecule has 3 aromatic heterocycles. The highest BCUT2D eigenvalue weighted by Gasteiger charge is 2.20. The zero-order valence-corrected chi connectivity index (χ0v) is 18.2. The molecule has 5 rings (SSSR count). The number of anilines is 1. The van der Waals surface area contributed by atoms with Crippen molar-refractivity contribution >= 4 is 55.0 Å². The van der Waals surface area contributed by atoms with E-state index < -0.39 is 0 Å². The maximum atomic E-state index is 13.2. The summed E-state index contributed by atoms with van der Waals surface area (Å²) < 4.78 is 4.53. The minimum absolute atomic E-state index is 0.0801. The minimum Gasteiger partial charge on any atom is -0.383 e. The van der Waals surface area contributed by atoms with Crippen LogP contribution in [-0.2, 0) is 19.5 Å². The first-order valence-corrected chi connectivity index (χ1v) is 10.8. The van der Waals surface area contributed by atoms with Gasteiger partial charge in [0.15, 0.2) is 0 Å². The first-order valence-electron chi connectivity index (χ1n) is 9.60. The van der Waals surface area contributed by atoms with Crippen LogP contribution >= 0.6 is 27.5 Å². The van der Waals surface area contributed by atoms with Crippen LogP contribution in [0.1, 0.15) is 17.5 Å². The molecule has 4 heterocycles. The van der Waals surface area contributed by atoms with Crippen molar-refractivity contribution in [2.75, 3.05) is 11.9 Å². The second-order valence-electron chi connectivity index (χ2n) is 7.41. The zero-order chi connectivity index (χ0) is 20.1. The van der Waals surface area contributed by atoms with Gasteiger partial charge in [-0.05, 0) is 59.5 Å². The van der Waals surface area contributed by atoms with E-state index in [0.29, 0.717) is 16.3 Å². The van der Waals surface area contributed by atoms with Crippen LogP contribution in [0, 0.1) is 6.92 Å². The molecule has 4 aromatic rings. The molecule has 0 fully saturated rings. The topological polar surface area (TPSA) is 64.7 Å². The second-order valence-corrected chi connectivity index (χ2v) is 8.55. The van der Waals surface area contributed by atoms with E-state index in [1.807, 2.05) is 34.5 Å². The van der Waals surface area contributed by atoms with E-state index in [9.17, 15) is 4.79 Å². The summed E-state index contributed by atoms with van der Waals surface area (Å²) in [6, 6.07) is 7.84. The van der Waals surface area contributed by atoms with Gasteiger partial charge in [-0.3, -0.25) is 9.36 Å². The van der Waals surface area contributed by atoms with Gasteiger partial charge in [-0.25, -0.2) is 9.67 Å². The van der Waals surface area contributed by atoms with Crippen LogP contribution < -0.4 is 10.9 Å².